The summed E-state index contributed by atoms with van der Waals surface area (Å²) in [6, 6.07) is -7.73. The van der Waals surface area contributed by atoms with Gasteiger partial charge in [0, 0.05) is 19.3 Å². The number of carbonyl (C=O) groups excluding carboxylic acids is 6. The molecule has 0 rings (SSSR count). The zero-order chi connectivity index (χ0) is 34.7. The molecule has 0 bridgehead atoms. The zero-order valence-electron chi connectivity index (χ0n) is 24.5. The minimum absolute atomic E-state index is 0.0176. The molecular formula is C25H42N8O12. The van der Waals surface area contributed by atoms with Gasteiger partial charge in [-0.2, -0.15) is 0 Å². The number of aliphatic carboxylic acids is 3. The van der Waals surface area contributed by atoms with Gasteiger partial charge in [0.05, 0.1) is 12.5 Å². The Morgan fingerprint density at radius 2 is 0.978 bits per heavy atom. The highest BCUT2D eigenvalue weighted by atomic mass is 16.4. The minimum atomic E-state index is -1.71. The summed E-state index contributed by atoms with van der Waals surface area (Å²) in [6.45, 7) is 0.275. The van der Waals surface area contributed by atoms with Crippen LogP contribution in [-0.4, -0.2) is 105 Å². The van der Waals surface area contributed by atoms with Crippen molar-refractivity contribution in [3.63, 3.8) is 0 Å². The van der Waals surface area contributed by atoms with Crippen molar-refractivity contribution >= 4 is 53.4 Å². The van der Waals surface area contributed by atoms with Gasteiger partial charge in [-0.25, -0.2) is 4.79 Å². The van der Waals surface area contributed by atoms with Crippen LogP contribution in [0.1, 0.15) is 64.2 Å². The number of carboxylic acid groups (broad SMARTS) is 3. The number of carbonyl (C=O) groups is 9. The maximum atomic E-state index is 13.2. The van der Waals surface area contributed by atoms with Crippen molar-refractivity contribution in [1.29, 1.82) is 0 Å². The second-order valence-electron chi connectivity index (χ2n) is 10.0. The Balaban J connectivity index is 5.97. The smallest absolute Gasteiger partial charge is 0.326 e. The third-order valence-electron chi connectivity index (χ3n) is 6.20. The first-order valence-electron chi connectivity index (χ1n) is 13.9. The third kappa shape index (κ3) is 17.8. The molecule has 0 spiro atoms. The molecule has 0 aliphatic heterocycles. The second kappa shape index (κ2) is 21.0. The summed E-state index contributed by atoms with van der Waals surface area (Å²) in [4.78, 5) is 108. The van der Waals surface area contributed by atoms with E-state index in [-0.39, 0.29) is 19.4 Å². The molecule has 0 radical (unpaired) electrons. The van der Waals surface area contributed by atoms with E-state index in [1.54, 1.807) is 0 Å². The summed E-state index contributed by atoms with van der Waals surface area (Å²) in [5, 5.41) is 36.1. The van der Waals surface area contributed by atoms with Crippen LogP contribution in [0.2, 0.25) is 0 Å². The van der Waals surface area contributed by atoms with Crippen LogP contribution >= 0.6 is 0 Å². The first-order chi connectivity index (χ1) is 21.0. The molecule has 20 nitrogen and oxygen atoms in total. The number of hydrogen-bond acceptors (Lipinski definition) is 11. The van der Waals surface area contributed by atoms with Crippen LogP contribution in [0.3, 0.4) is 0 Å². The van der Waals surface area contributed by atoms with Gasteiger partial charge in [-0.05, 0) is 45.1 Å². The third-order valence-corrected chi connectivity index (χ3v) is 6.20. The summed E-state index contributed by atoms with van der Waals surface area (Å²) >= 11 is 0. The fourth-order valence-corrected chi connectivity index (χ4v) is 3.76. The van der Waals surface area contributed by atoms with Crippen LogP contribution in [0.15, 0.2) is 0 Å². The SMILES string of the molecule is NCCCC[C@H](NC(=O)[C@H](CC(N)=O)NC(=O)[C@H](CCC(N)=O)NC(=O)[C@H](CCC(=O)O)NC(=O)[C@@H](N)CCC(=O)O)C(=O)O. The Kier molecular flexibility index (Phi) is 18.7. The van der Waals surface area contributed by atoms with Crippen LogP contribution in [0.5, 0.6) is 0 Å². The predicted octanol–water partition coefficient (Wildman–Crippen LogP) is -4.66. The molecule has 0 aromatic carbocycles. The van der Waals surface area contributed by atoms with E-state index in [4.69, 9.17) is 33.1 Å². The Morgan fingerprint density at radius 1 is 0.533 bits per heavy atom. The van der Waals surface area contributed by atoms with Crippen molar-refractivity contribution in [2.45, 2.75) is 94.4 Å². The highest BCUT2D eigenvalue weighted by Gasteiger charge is 2.33. The molecule has 5 atom stereocenters. The second-order valence-corrected chi connectivity index (χ2v) is 10.0. The van der Waals surface area contributed by atoms with E-state index in [1.165, 1.54) is 0 Å². The molecule has 0 unspecified atom stereocenters. The molecule has 0 fully saturated rings. The zero-order valence-corrected chi connectivity index (χ0v) is 24.5. The van der Waals surface area contributed by atoms with E-state index < -0.39 is 122 Å². The number of carboxylic acids is 3. The van der Waals surface area contributed by atoms with Crippen molar-refractivity contribution in [1.82, 2.24) is 21.3 Å². The summed E-state index contributed by atoms with van der Waals surface area (Å²) in [5.41, 5.74) is 21.4. The van der Waals surface area contributed by atoms with Crippen LogP contribution in [0.25, 0.3) is 0 Å². The quantitative estimate of drug-likeness (QED) is 0.0439. The number of amides is 6. The first kappa shape index (κ1) is 40.1. The van der Waals surface area contributed by atoms with Gasteiger partial charge >= 0.3 is 17.9 Å². The molecule has 0 aliphatic rings. The number of unbranched alkanes of at least 4 members (excludes halogenated alkanes) is 1. The van der Waals surface area contributed by atoms with Gasteiger partial charge in [0.15, 0.2) is 0 Å². The standard InChI is InChI=1S/C25H42N8O12/c26-10-2-1-3-15(25(44)45)32-24(43)16(11-18(29)35)33-23(42)13(5-7-17(28)34)31-22(41)14(6-9-20(38)39)30-21(40)12(27)4-8-19(36)37/h12-16H,1-11,26-27H2,(H2,28,34)(H2,29,35)(H,30,40)(H,31,41)(H,32,43)(H,33,42)(H,36,37)(H,38,39)(H,44,45)/t12-,13-,14-,15-,16-/m0/s1. The summed E-state index contributed by atoms with van der Waals surface area (Å²) < 4.78 is 0. The van der Waals surface area contributed by atoms with Gasteiger partial charge in [-0.3, -0.25) is 38.4 Å². The van der Waals surface area contributed by atoms with Gasteiger partial charge in [-0.1, -0.05) is 0 Å². The molecule has 45 heavy (non-hydrogen) atoms. The lowest BCUT2D eigenvalue weighted by molar-refractivity contribution is -0.143. The van der Waals surface area contributed by atoms with E-state index in [2.05, 4.69) is 21.3 Å². The van der Waals surface area contributed by atoms with Gasteiger partial charge in [0.25, 0.3) is 0 Å². The molecule has 0 aromatic heterocycles. The summed E-state index contributed by atoms with van der Waals surface area (Å²) in [6.07, 6.45) is -2.82. The van der Waals surface area contributed by atoms with Gasteiger partial charge in [0.1, 0.15) is 24.2 Å². The van der Waals surface area contributed by atoms with Gasteiger partial charge in [0.2, 0.25) is 35.4 Å². The van der Waals surface area contributed by atoms with Crippen molar-refractivity contribution < 1.29 is 58.5 Å². The van der Waals surface area contributed by atoms with E-state index in [0.717, 1.165) is 0 Å². The lowest BCUT2D eigenvalue weighted by Gasteiger charge is -2.26. The number of primary amides is 2. The monoisotopic (exact) mass is 646 g/mol. The molecule has 0 aromatic rings. The van der Waals surface area contributed by atoms with Gasteiger partial charge < -0.3 is 59.5 Å². The molecule has 0 saturated heterocycles. The minimum Gasteiger partial charge on any atom is -0.481 e. The Hall–Kier alpha value is -4.85. The number of rotatable bonds is 24. The van der Waals surface area contributed by atoms with E-state index in [9.17, 15) is 48.3 Å². The van der Waals surface area contributed by atoms with Crippen LogP contribution < -0.4 is 44.2 Å². The van der Waals surface area contributed by atoms with Crippen molar-refractivity contribution in [3.05, 3.63) is 0 Å². The molecule has 6 amide bonds. The molecule has 0 heterocycles. The number of nitrogens with one attached hydrogen (secondary N) is 4. The van der Waals surface area contributed by atoms with Crippen LogP contribution in [0.4, 0.5) is 0 Å². The average Bonchev–Trinajstić information content (AvgIpc) is 2.94. The Labute approximate surface area is 257 Å². The highest BCUT2D eigenvalue weighted by molar-refractivity contribution is 5.97. The topological polar surface area (TPSA) is 367 Å². The molecular weight excluding hydrogens is 604 g/mol. The molecule has 0 aliphatic carbocycles. The predicted molar refractivity (Wildman–Crippen MR) is 152 cm³/mol. The Morgan fingerprint density at radius 3 is 1.44 bits per heavy atom. The maximum Gasteiger partial charge on any atom is 0.326 e. The maximum absolute atomic E-state index is 13.2. The largest absolute Gasteiger partial charge is 0.481 e. The lowest BCUT2D eigenvalue weighted by atomic mass is 10.0. The fourth-order valence-electron chi connectivity index (χ4n) is 3.76. The molecule has 0 saturated carbocycles. The lowest BCUT2D eigenvalue weighted by Crippen LogP contribution is -2.59. The Bertz CT molecular complexity index is 1100. The van der Waals surface area contributed by atoms with Crippen LogP contribution in [-0.2, 0) is 43.2 Å². The van der Waals surface area contributed by atoms with Crippen molar-refractivity contribution in [2.24, 2.45) is 22.9 Å². The fraction of sp³-hybridized carbons (Fsp3) is 0.640. The summed E-state index contributed by atoms with van der Waals surface area (Å²) in [5.74, 6) is -10.3. The van der Waals surface area contributed by atoms with E-state index >= 15 is 0 Å². The summed E-state index contributed by atoms with van der Waals surface area (Å²) in [7, 11) is 0. The van der Waals surface area contributed by atoms with Crippen LogP contribution in [0, 0.1) is 0 Å². The van der Waals surface area contributed by atoms with Crippen molar-refractivity contribution in [3.8, 4) is 0 Å². The molecule has 15 N–H and O–H groups in total. The molecule has 254 valence electrons. The number of hydrogen-bond donors (Lipinski definition) is 11. The number of nitrogens with two attached hydrogens (primary N) is 4. The van der Waals surface area contributed by atoms with E-state index in [0.29, 0.717) is 12.8 Å². The normalized spacial score (nSPS) is 14.0. The molecule has 20 heteroatoms. The van der Waals surface area contributed by atoms with Gasteiger partial charge in [-0.15, -0.1) is 0 Å². The van der Waals surface area contributed by atoms with E-state index in [1.807, 2.05) is 0 Å². The average molecular weight is 647 g/mol. The highest BCUT2D eigenvalue weighted by Crippen LogP contribution is 2.07. The van der Waals surface area contributed by atoms with Crippen molar-refractivity contribution in [2.75, 3.05) is 6.54 Å². The first-order valence-corrected chi connectivity index (χ1v) is 13.9.